The largest absolute Gasteiger partial charge is 0.432 e. The molecule has 0 unspecified atom stereocenters. The molecule has 2 rings (SSSR count). The van der Waals surface area contributed by atoms with Crippen LogP contribution in [0.4, 0.5) is 8.78 Å². The minimum Gasteiger partial charge on any atom is -0.432 e. The molecule has 0 spiro atoms. The molecule has 0 saturated heterocycles. The van der Waals surface area contributed by atoms with Gasteiger partial charge in [0.05, 0.1) is 11.9 Å². The number of benzene rings is 1. The van der Waals surface area contributed by atoms with E-state index in [4.69, 9.17) is 16.3 Å². The molecule has 0 radical (unpaired) electrons. The molecule has 0 amide bonds. The summed E-state index contributed by atoms with van der Waals surface area (Å²) in [5.41, 5.74) is 0.470. The lowest BCUT2D eigenvalue weighted by atomic mass is 10.1. The van der Waals surface area contributed by atoms with Crippen LogP contribution >= 0.6 is 11.6 Å². The van der Waals surface area contributed by atoms with Gasteiger partial charge in [-0.2, -0.15) is 8.78 Å². The summed E-state index contributed by atoms with van der Waals surface area (Å²) in [6.07, 6.45) is -2.26. The van der Waals surface area contributed by atoms with Gasteiger partial charge in [0.2, 0.25) is 0 Å². The predicted molar refractivity (Wildman–Crippen MR) is 69.6 cm³/mol. The number of halogens is 3. The van der Waals surface area contributed by atoms with Gasteiger partial charge in [-0.25, -0.2) is 9.97 Å². The number of aromatic nitrogens is 2. The normalized spacial score (nSPS) is 12.1. The highest BCUT2D eigenvalue weighted by Gasteiger charge is 2.32. The quantitative estimate of drug-likeness (QED) is 0.786. The number of fused-ring (bicyclic) bond motifs is 1. The van der Waals surface area contributed by atoms with E-state index in [1.807, 2.05) is 0 Å². The van der Waals surface area contributed by atoms with Crippen LogP contribution in [0, 0.1) is 5.92 Å². The Morgan fingerprint density at radius 1 is 1.32 bits per heavy atom. The van der Waals surface area contributed by atoms with Crippen molar-refractivity contribution in [2.24, 2.45) is 5.92 Å². The highest BCUT2D eigenvalue weighted by atomic mass is 35.5. The first-order valence-electron chi connectivity index (χ1n) is 5.84. The molecule has 0 aliphatic carbocycles. The lowest BCUT2D eigenvalue weighted by molar-refractivity contribution is -0.186. The second-order valence-corrected chi connectivity index (χ2v) is 5.04. The molecule has 0 aliphatic heterocycles. The van der Waals surface area contributed by atoms with Crippen LogP contribution in [0.25, 0.3) is 10.9 Å². The fraction of sp³-hybridized carbons (Fsp3) is 0.385. The predicted octanol–water partition coefficient (Wildman–Crippen LogP) is 4.30. The number of hydrogen-bond donors (Lipinski definition) is 0. The molecule has 0 N–H and O–H groups in total. The van der Waals surface area contributed by atoms with E-state index in [0.29, 0.717) is 10.9 Å². The average molecular weight is 287 g/mol. The summed E-state index contributed by atoms with van der Waals surface area (Å²) in [5, 5.41) is 0.884. The van der Waals surface area contributed by atoms with Gasteiger partial charge in [-0.3, -0.25) is 0 Å². The van der Waals surface area contributed by atoms with Crippen LogP contribution in [-0.4, -0.2) is 16.1 Å². The smallest absolute Gasteiger partial charge is 0.398 e. The van der Waals surface area contributed by atoms with Crippen molar-refractivity contribution in [1.82, 2.24) is 9.97 Å². The van der Waals surface area contributed by atoms with Crippen molar-refractivity contribution in [2.45, 2.75) is 26.4 Å². The zero-order valence-corrected chi connectivity index (χ0v) is 11.3. The zero-order valence-electron chi connectivity index (χ0n) is 10.5. The van der Waals surface area contributed by atoms with E-state index in [9.17, 15) is 8.78 Å². The fourth-order valence-corrected chi connectivity index (χ4v) is 1.96. The Hall–Kier alpha value is -1.49. The molecule has 0 saturated carbocycles. The molecule has 6 heteroatoms. The van der Waals surface area contributed by atoms with Crippen LogP contribution in [0.1, 0.15) is 20.3 Å². The molecule has 0 fully saturated rings. The van der Waals surface area contributed by atoms with E-state index in [2.05, 4.69) is 9.97 Å². The van der Waals surface area contributed by atoms with Gasteiger partial charge >= 0.3 is 6.11 Å². The Labute approximate surface area is 114 Å². The maximum atomic E-state index is 13.6. The number of nitrogens with zero attached hydrogens (tertiary/aromatic N) is 2. The molecule has 0 aliphatic rings. The molecule has 3 nitrogen and oxygen atoms in total. The van der Waals surface area contributed by atoms with Gasteiger partial charge in [-0.05, 0) is 18.1 Å². The minimum absolute atomic E-state index is 0.0629. The Morgan fingerprint density at radius 3 is 2.74 bits per heavy atom. The second kappa shape index (κ2) is 5.25. The van der Waals surface area contributed by atoms with Crippen molar-refractivity contribution in [3.63, 3.8) is 0 Å². The summed E-state index contributed by atoms with van der Waals surface area (Å²) in [6, 6.07) is 4.43. The summed E-state index contributed by atoms with van der Waals surface area (Å²) in [7, 11) is 0. The zero-order chi connectivity index (χ0) is 14.0. The van der Waals surface area contributed by atoms with Crippen LogP contribution in [0.2, 0.25) is 5.15 Å². The number of ether oxygens (including phenoxy) is 1. The maximum absolute atomic E-state index is 13.6. The first-order valence-corrected chi connectivity index (χ1v) is 6.22. The van der Waals surface area contributed by atoms with Crippen molar-refractivity contribution in [1.29, 1.82) is 0 Å². The summed E-state index contributed by atoms with van der Waals surface area (Å²) >= 11 is 5.87. The maximum Gasteiger partial charge on any atom is 0.398 e. The first-order chi connectivity index (χ1) is 8.87. The first kappa shape index (κ1) is 13.9. The van der Waals surface area contributed by atoms with E-state index in [-0.39, 0.29) is 23.2 Å². The SMILES string of the molecule is CC(C)CC(F)(F)Oc1ccc2c(Cl)ncnc2c1. The standard InChI is InChI=1S/C13H13ClF2N2O/c1-8(2)6-13(15,16)19-9-3-4-10-11(5-9)17-7-18-12(10)14/h3-5,7-8H,6H2,1-2H3. The molecule has 102 valence electrons. The van der Waals surface area contributed by atoms with Gasteiger partial charge < -0.3 is 4.74 Å². The highest BCUT2D eigenvalue weighted by Crippen LogP contribution is 2.30. The van der Waals surface area contributed by atoms with Crippen LogP contribution in [0.3, 0.4) is 0 Å². The lowest BCUT2D eigenvalue weighted by Crippen LogP contribution is -2.26. The van der Waals surface area contributed by atoms with Crippen LogP contribution < -0.4 is 4.74 Å². The second-order valence-electron chi connectivity index (χ2n) is 4.68. The third-order valence-electron chi connectivity index (χ3n) is 2.47. The Kier molecular flexibility index (Phi) is 3.85. The third kappa shape index (κ3) is 3.50. The summed E-state index contributed by atoms with van der Waals surface area (Å²) < 4.78 is 31.8. The van der Waals surface area contributed by atoms with E-state index < -0.39 is 6.11 Å². The van der Waals surface area contributed by atoms with Gasteiger partial charge in [-0.15, -0.1) is 0 Å². The van der Waals surface area contributed by atoms with Crippen molar-refractivity contribution < 1.29 is 13.5 Å². The summed E-state index contributed by atoms with van der Waals surface area (Å²) in [5.74, 6) is -0.0971. The van der Waals surface area contributed by atoms with Crippen molar-refractivity contribution >= 4 is 22.5 Å². The molecule has 2 aromatic rings. The monoisotopic (exact) mass is 286 g/mol. The lowest BCUT2D eigenvalue weighted by Gasteiger charge is -2.19. The van der Waals surface area contributed by atoms with Crippen molar-refractivity contribution in [3.05, 3.63) is 29.7 Å². The number of hydrogen-bond acceptors (Lipinski definition) is 3. The van der Waals surface area contributed by atoms with E-state index >= 15 is 0 Å². The Bertz CT molecular complexity index is 590. The fourth-order valence-electron chi connectivity index (χ4n) is 1.76. The molecular formula is C13H13ClF2N2O. The van der Waals surface area contributed by atoms with E-state index in [1.54, 1.807) is 19.9 Å². The van der Waals surface area contributed by atoms with Crippen molar-refractivity contribution in [3.8, 4) is 5.75 Å². The van der Waals surface area contributed by atoms with E-state index in [0.717, 1.165) is 0 Å². The Morgan fingerprint density at radius 2 is 2.05 bits per heavy atom. The molecule has 1 aromatic heterocycles. The molecule has 1 heterocycles. The van der Waals surface area contributed by atoms with Crippen LogP contribution in [-0.2, 0) is 0 Å². The summed E-state index contributed by atoms with van der Waals surface area (Å²) in [4.78, 5) is 7.79. The van der Waals surface area contributed by atoms with Gasteiger partial charge in [0.1, 0.15) is 17.2 Å². The summed E-state index contributed by atoms with van der Waals surface area (Å²) in [6.45, 7) is 3.43. The molecule has 19 heavy (non-hydrogen) atoms. The third-order valence-corrected chi connectivity index (χ3v) is 2.77. The van der Waals surface area contributed by atoms with Crippen LogP contribution in [0.5, 0.6) is 5.75 Å². The minimum atomic E-state index is -3.20. The average Bonchev–Trinajstić information content (AvgIpc) is 2.26. The highest BCUT2D eigenvalue weighted by molar-refractivity contribution is 6.34. The number of alkyl halides is 2. The van der Waals surface area contributed by atoms with Gasteiger partial charge in [0.25, 0.3) is 0 Å². The molecule has 1 aromatic carbocycles. The van der Waals surface area contributed by atoms with Crippen molar-refractivity contribution in [2.75, 3.05) is 0 Å². The van der Waals surface area contributed by atoms with Crippen LogP contribution in [0.15, 0.2) is 24.5 Å². The Balaban J connectivity index is 2.27. The van der Waals surface area contributed by atoms with Gasteiger partial charge in [0.15, 0.2) is 0 Å². The van der Waals surface area contributed by atoms with E-state index in [1.165, 1.54) is 18.5 Å². The molecule has 0 atom stereocenters. The molecule has 0 bridgehead atoms. The van der Waals surface area contributed by atoms with Gasteiger partial charge in [-0.1, -0.05) is 25.4 Å². The molecular weight excluding hydrogens is 274 g/mol. The number of rotatable bonds is 4. The topological polar surface area (TPSA) is 35.0 Å². The van der Waals surface area contributed by atoms with Gasteiger partial charge in [0, 0.05) is 11.5 Å².